The smallest absolute Gasteiger partial charge is 0.265 e. The molecule has 0 aliphatic rings. The van der Waals surface area contributed by atoms with Gasteiger partial charge in [-0.2, -0.15) is 5.26 Å². The monoisotopic (exact) mass is 347 g/mol. The average molecular weight is 348 g/mol. The Labute approximate surface area is 143 Å². The van der Waals surface area contributed by atoms with Gasteiger partial charge in [0, 0.05) is 10.0 Å². The second-order valence-electron chi connectivity index (χ2n) is 4.41. The van der Waals surface area contributed by atoms with Crippen molar-refractivity contribution in [2.24, 2.45) is 5.16 Å². The Bertz CT molecular complexity index is 768. The maximum Gasteiger partial charge on any atom is 0.265 e. The molecule has 0 heterocycles. The highest BCUT2D eigenvalue weighted by molar-refractivity contribution is 6.31. The Kier molecular flexibility index (Phi) is 5.98. The summed E-state index contributed by atoms with van der Waals surface area (Å²) in [5.41, 5.74) is 1.43. The third-order valence-electron chi connectivity index (χ3n) is 2.72. The van der Waals surface area contributed by atoms with Crippen molar-refractivity contribution in [2.75, 3.05) is 11.9 Å². The lowest BCUT2D eigenvalue weighted by Gasteiger charge is -2.06. The predicted molar refractivity (Wildman–Crippen MR) is 89.8 cm³/mol. The van der Waals surface area contributed by atoms with Gasteiger partial charge in [0.05, 0.1) is 17.5 Å². The number of nitriles is 1. The summed E-state index contributed by atoms with van der Waals surface area (Å²) in [7, 11) is 0. The molecule has 0 bridgehead atoms. The van der Waals surface area contributed by atoms with Crippen molar-refractivity contribution in [3.63, 3.8) is 0 Å². The number of halogens is 2. The summed E-state index contributed by atoms with van der Waals surface area (Å²) >= 11 is 11.6. The van der Waals surface area contributed by atoms with Crippen molar-refractivity contribution in [3.8, 4) is 6.07 Å². The van der Waals surface area contributed by atoms with Gasteiger partial charge >= 0.3 is 0 Å². The van der Waals surface area contributed by atoms with E-state index in [1.165, 1.54) is 18.3 Å². The quantitative estimate of drug-likeness (QED) is 0.659. The highest BCUT2D eigenvalue weighted by atomic mass is 35.5. The minimum atomic E-state index is -0.447. The first-order valence-corrected chi connectivity index (χ1v) is 7.24. The largest absolute Gasteiger partial charge is 0.386 e. The van der Waals surface area contributed by atoms with Crippen LogP contribution in [0.4, 0.5) is 5.69 Å². The minimum Gasteiger partial charge on any atom is -0.386 e. The van der Waals surface area contributed by atoms with E-state index in [1.807, 2.05) is 6.07 Å². The van der Waals surface area contributed by atoms with E-state index in [1.54, 1.807) is 30.3 Å². The highest BCUT2D eigenvalue weighted by Crippen LogP contribution is 2.20. The molecule has 23 heavy (non-hydrogen) atoms. The van der Waals surface area contributed by atoms with E-state index in [9.17, 15) is 4.79 Å². The number of rotatable bonds is 5. The molecular formula is C16H11Cl2N3O2. The SMILES string of the molecule is N#Cc1ccc(Cl)cc1NC(=O)CO/N=C\c1ccc(Cl)cc1. The lowest BCUT2D eigenvalue weighted by atomic mass is 10.2. The van der Waals surface area contributed by atoms with Crippen molar-refractivity contribution < 1.29 is 9.63 Å². The Morgan fingerprint density at radius 3 is 2.61 bits per heavy atom. The Morgan fingerprint density at radius 1 is 1.22 bits per heavy atom. The first-order chi connectivity index (χ1) is 11.1. The Morgan fingerprint density at radius 2 is 1.91 bits per heavy atom. The van der Waals surface area contributed by atoms with Crippen LogP contribution in [0.15, 0.2) is 47.6 Å². The molecule has 0 radical (unpaired) electrons. The molecule has 0 saturated carbocycles. The van der Waals surface area contributed by atoms with Crippen LogP contribution >= 0.6 is 23.2 Å². The number of hydrogen-bond donors (Lipinski definition) is 1. The molecule has 0 aliphatic heterocycles. The molecule has 7 heteroatoms. The zero-order valence-corrected chi connectivity index (χ0v) is 13.3. The van der Waals surface area contributed by atoms with Crippen LogP contribution in [-0.2, 0) is 9.63 Å². The van der Waals surface area contributed by atoms with Crippen LogP contribution in [0.25, 0.3) is 0 Å². The second-order valence-corrected chi connectivity index (χ2v) is 5.28. The van der Waals surface area contributed by atoms with Gasteiger partial charge in [-0.3, -0.25) is 4.79 Å². The summed E-state index contributed by atoms with van der Waals surface area (Å²) in [5.74, 6) is -0.447. The van der Waals surface area contributed by atoms with Crippen molar-refractivity contribution in [3.05, 3.63) is 63.6 Å². The zero-order chi connectivity index (χ0) is 16.7. The number of nitrogens with zero attached hydrogens (tertiary/aromatic N) is 2. The summed E-state index contributed by atoms with van der Waals surface area (Å²) < 4.78 is 0. The van der Waals surface area contributed by atoms with Crippen LogP contribution in [0.1, 0.15) is 11.1 Å². The van der Waals surface area contributed by atoms with Crippen molar-refractivity contribution in [1.29, 1.82) is 5.26 Å². The molecule has 1 amide bonds. The Hall–Kier alpha value is -2.55. The molecule has 116 valence electrons. The van der Waals surface area contributed by atoms with Gasteiger partial charge in [-0.25, -0.2) is 0 Å². The summed E-state index contributed by atoms with van der Waals surface area (Å²) in [6, 6.07) is 13.5. The normalized spacial score (nSPS) is 10.3. The van der Waals surface area contributed by atoms with E-state index < -0.39 is 5.91 Å². The van der Waals surface area contributed by atoms with E-state index in [0.29, 0.717) is 21.3 Å². The van der Waals surface area contributed by atoms with Gasteiger partial charge < -0.3 is 10.2 Å². The first kappa shape index (κ1) is 16.8. The second kappa shape index (κ2) is 8.18. The number of anilines is 1. The number of hydrogen-bond acceptors (Lipinski definition) is 4. The molecule has 2 aromatic rings. The van der Waals surface area contributed by atoms with Gasteiger partial charge in [0.1, 0.15) is 6.07 Å². The fraction of sp³-hybridized carbons (Fsp3) is 0.0625. The molecule has 2 aromatic carbocycles. The van der Waals surface area contributed by atoms with Gasteiger partial charge in [0.2, 0.25) is 0 Å². The fourth-order valence-corrected chi connectivity index (χ4v) is 1.94. The highest BCUT2D eigenvalue weighted by Gasteiger charge is 2.08. The number of carbonyl (C=O) groups excluding carboxylic acids is 1. The van der Waals surface area contributed by atoms with Gasteiger partial charge in [0.15, 0.2) is 6.61 Å². The molecule has 0 unspecified atom stereocenters. The van der Waals surface area contributed by atoms with Gasteiger partial charge in [-0.15, -0.1) is 0 Å². The van der Waals surface area contributed by atoms with Gasteiger partial charge in [0.25, 0.3) is 5.91 Å². The van der Waals surface area contributed by atoms with Crippen LogP contribution in [0.5, 0.6) is 0 Å². The number of oxime groups is 1. The lowest BCUT2D eigenvalue weighted by Crippen LogP contribution is -2.17. The number of carbonyl (C=O) groups is 1. The standard InChI is InChI=1S/C16H11Cl2N3O2/c17-13-4-1-11(2-5-13)9-20-23-10-16(22)21-15-7-14(18)6-3-12(15)8-19/h1-7,9H,10H2,(H,21,22)/b20-9-. The zero-order valence-electron chi connectivity index (χ0n) is 11.8. The molecule has 0 atom stereocenters. The third-order valence-corrected chi connectivity index (χ3v) is 3.21. The lowest BCUT2D eigenvalue weighted by molar-refractivity contribution is -0.120. The summed E-state index contributed by atoms with van der Waals surface area (Å²) in [5, 5.41) is 16.3. The number of nitrogens with one attached hydrogen (secondary N) is 1. The summed E-state index contributed by atoms with van der Waals surface area (Å²) in [6.45, 7) is -0.290. The van der Waals surface area contributed by atoms with E-state index in [4.69, 9.17) is 33.3 Å². The summed E-state index contributed by atoms with van der Waals surface area (Å²) in [6.07, 6.45) is 1.46. The van der Waals surface area contributed by atoms with Crippen molar-refractivity contribution in [2.45, 2.75) is 0 Å². The van der Waals surface area contributed by atoms with Crippen LogP contribution < -0.4 is 5.32 Å². The summed E-state index contributed by atoms with van der Waals surface area (Å²) in [4.78, 5) is 16.7. The molecule has 1 N–H and O–H groups in total. The molecular weight excluding hydrogens is 337 g/mol. The minimum absolute atomic E-state index is 0.290. The molecule has 0 spiro atoms. The number of benzene rings is 2. The molecule has 0 saturated heterocycles. The Balaban J connectivity index is 1.87. The van der Waals surface area contributed by atoms with E-state index >= 15 is 0 Å². The molecule has 2 rings (SSSR count). The van der Waals surface area contributed by atoms with Gasteiger partial charge in [-0.05, 0) is 35.9 Å². The maximum atomic E-state index is 11.8. The maximum absolute atomic E-state index is 11.8. The van der Waals surface area contributed by atoms with Gasteiger partial charge in [-0.1, -0.05) is 40.5 Å². The molecule has 0 fully saturated rings. The van der Waals surface area contributed by atoms with Crippen LogP contribution in [0, 0.1) is 11.3 Å². The molecule has 5 nitrogen and oxygen atoms in total. The van der Waals surface area contributed by atoms with Crippen molar-refractivity contribution in [1.82, 2.24) is 0 Å². The topological polar surface area (TPSA) is 74.5 Å². The molecule has 0 aliphatic carbocycles. The van der Waals surface area contributed by atoms with Crippen LogP contribution in [0.3, 0.4) is 0 Å². The average Bonchev–Trinajstić information content (AvgIpc) is 2.53. The van der Waals surface area contributed by atoms with Crippen molar-refractivity contribution >= 4 is 41.0 Å². The molecule has 0 aromatic heterocycles. The van der Waals surface area contributed by atoms with Crippen LogP contribution in [0.2, 0.25) is 10.0 Å². The van der Waals surface area contributed by atoms with E-state index in [-0.39, 0.29) is 6.61 Å². The third kappa shape index (κ3) is 5.29. The van der Waals surface area contributed by atoms with Crippen LogP contribution in [-0.4, -0.2) is 18.7 Å². The van der Waals surface area contributed by atoms with E-state index in [0.717, 1.165) is 5.56 Å². The number of amides is 1. The fourth-order valence-electron chi connectivity index (χ4n) is 1.65. The first-order valence-electron chi connectivity index (χ1n) is 6.49. The predicted octanol–water partition coefficient (Wildman–Crippen LogP) is 3.85. The van der Waals surface area contributed by atoms with E-state index in [2.05, 4.69) is 10.5 Å².